The van der Waals surface area contributed by atoms with Gasteiger partial charge in [-0.25, -0.2) is 0 Å². The number of benzene rings is 2. The normalized spacial score (nSPS) is 12.0. The number of amides is 1. The molecule has 194 valence electrons. The summed E-state index contributed by atoms with van der Waals surface area (Å²) < 4.78 is 3.16. The maximum absolute atomic E-state index is 13.3. The van der Waals surface area contributed by atoms with E-state index in [1.807, 2.05) is 13.0 Å². The lowest BCUT2D eigenvalue weighted by Gasteiger charge is -2.17. The van der Waals surface area contributed by atoms with Crippen LogP contribution in [0.5, 0.6) is 0 Å². The van der Waals surface area contributed by atoms with Crippen LogP contribution in [-0.4, -0.2) is 53.5 Å². The predicted octanol–water partition coefficient (Wildman–Crippen LogP) is 3.11. The fraction of sp³-hybridized carbons (Fsp3) is 0.222. The first-order chi connectivity index (χ1) is 18.2. The van der Waals surface area contributed by atoms with E-state index in [1.54, 1.807) is 60.3 Å². The largest absolute Gasteiger partial charge is 0.342 e. The highest BCUT2D eigenvalue weighted by atomic mass is 35.5. The third kappa shape index (κ3) is 6.65. The van der Waals surface area contributed by atoms with Gasteiger partial charge in [0.1, 0.15) is 6.33 Å². The van der Waals surface area contributed by atoms with Crippen LogP contribution in [0.3, 0.4) is 0 Å². The number of Topliss-reactive ketones (excluding diaryl/α,β-unsaturated/α-hetero) is 2. The Labute approximate surface area is 224 Å². The number of aryl methyl sites for hydroxylation is 2. The highest BCUT2D eigenvalue weighted by molar-refractivity contribution is 6.30. The minimum atomic E-state index is -0.798. The topological polar surface area (TPSA) is 125 Å². The van der Waals surface area contributed by atoms with E-state index in [2.05, 4.69) is 25.9 Å². The van der Waals surface area contributed by atoms with Gasteiger partial charge in [-0.15, -0.1) is 5.10 Å². The molecular weight excluding hydrogens is 506 g/mol. The minimum Gasteiger partial charge on any atom is -0.342 e. The second-order valence-electron chi connectivity index (χ2n) is 8.85. The molecule has 0 aliphatic carbocycles. The molecule has 0 unspecified atom stereocenters. The van der Waals surface area contributed by atoms with Crippen molar-refractivity contribution < 1.29 is 14.4 Å². The molecule has 11 heteroatoms. The molecular formula is C27H26ClN7O3. The molecule has 0 bridgehead atoms. The number of carbonyl (C=O) groups excluding carboxylic acids is 3. The average Bonchev–Trinajstić information content (AvgIpc) is 3.52. The van der Waals surface area contributed by atoms with Crippen LogP contribution in [-0.2, 0) is 29.5 Å². The molecule has 4 rings (SSSR count). The summed E-state index contributed by atoms with van der Waals surface area (Å²) in [7, 11) is 1.80. The van der Waals surface area contributed by atoms with Gasteiger partial charge in [0, 0.05) is 47.8 Å². The van der Waals surface area contributed by atoms with Crippen LogP contribution in [0.4, 0.5) is 0 Å². The van der Waals surface area contributed by atoms with E-state index >= 15 is 0 Å². The van der Waals surface area contributed by atoms with Gasteiger partial charge in [-0.05, 0) is 60.2 Å². The van der Waals surface area contributed by atoms with E-state index in [0.29, 0.717) is 21.8 Å². The second kappa shape index (κ2) is 11.7. The highest BCUT2D eigenvalue weighted by Gasteiger charge is 2.22. The quantitative estimate of drug-likeness (QED) is 0.246. The zero-order chi connectivity index (χ0) is 27.2. The maximum Gasteiger partial charge on any atom is 0.244 e. The predicted molar refractivity (Wildman–Crippen MR) is 142 cm³/mol. The Hall–Kier alpha value is -4.44. The molecule has 2 aromatic carbocycles. The standard InChI is InChI=1S/C27H26ClN7O3/c1-17-12-23(34(3)31-17)15-24(26(37)13-19-4-6-20(7-5-19)18(2)36)30-27(38)11-8-21-14-22(28)9-10-25(21)35-16-29-32-33-35/h4-12,14,16,24H,13,15H2,1-3H3,(H,30,38)/b11-8+/t24-/m0/s1. The molecule has 2 aromatic heterocycles. The van der Waals surface area contributed by atoms with Crippen molar-refractivity contribution in [3.63, 3.8) is 0 Å². The smallest absolute Gasteiger partial charge is 0.244 e. The molecule has 38 heavy (non-hydrogen) atoms. The van der Waals surface area contributed by atoms with Crippen molar-refractivity contribution in [2.24, 2.45) is 7.05 Å². The van der Waals surface area contributed by atoms with Crippen LogP contribution in [0, 0.1) is 6.92 Å². The number of ketones is 2. The van der Waals surface area contributed by atoms with Crippen molar-refractivity contribution in [2.45, 2.75) is 32.7 Å². The number of hydrogen-bond acceptors (Lipinski definition) is 7. The Morgan fingerprint density at radius 3 is 2.50 bits per heavy atom. The molecule has 0 aliphatic heterocycles. The van der Waals surface area contributed by atoms with Gasteiger partial charge in [-0.3, -0.25) is 19.1 Å². The number of aromatic nitrogens is 6. The molecule has 0 spiro atoms. The number of hydrogen-bond donors (Lipinski definition) is 1. The second-order valence-corrected chi connectivity index (χ2v) is 9.29. The lowest BCUT2D eigenvalue weighted by molar-refractivity contribution is -0.125. The lowest BCUT2D eigenvalue weighted by atomic mass is 9.98. The van der Waals surface area contributed by atoms with E-state index < -0.39 is 11.9 Å². The van der Waals surface area contributed by atoms with E-state index in [9.17, 15) is 14.4 Å². The van der Waals surface area contributed by atoms with Crippen molar-refractivity contribution in [1.29, 1.82) is 0 Å². The molecule has 4 aromatic rings. The third-order valence-electron chi connectivity index (χ3n) is 5.96. The fourth-order valence-corrected chi connectivity index (χ4v) is 4.20. The first kappa shape index (κ1) is 26.6. The van der Waals surface area contributed by atoms with Gasteiger partial charge in [0.2, 0.25) is 5.91 Å². The Bertz CT molecular complexity index is 1490. The van der Waals surface area contributed by atoms with Crippen molar-refractivity contribution >= 4 is 35.2 Å². The molecule has 2 heterocycles. The van der Waals surface area contributed by atoms with Crippen molar-refractivity contribution in [3.8, 4) is 5.69 Å². The number of tetrazole rings is 1. The van der Waals surface area contributed by atoms with E-state index in [4.69, 9.17) is 11.6 Å². The van der Waals surface area contributed by atoms with Crippen LogP contribution >= 0.6 is 11.6 Å². The van der Waals surface area contributed by atoms with Gasteiger partial charge >= 0.3 is 0 Å². The summed E-state index contributed by atoms with van der Waals surface area (Å²) in [5, 5.41) is 18.9. The van der Waals surface area contributed by atoms with E-state index in [-0.39, 0.29) is 24.4 Å². The zero-order valence-electron chi connectivity index (χ0n) is 21.1. The molecule has 0 fully saturated rings. The van der Waals surface area contributed by atoms with Gasteiger partial charge in [0.05, 0.1) is 17.4 Å². The summed E-state index contributed by atoms with van der Waals surface area (Å²) in [6.07, 6.45) is 4.74. The summed E-state index contributed by atoms with van der Waals surface area (Å²) >= 11 is 6.16. The van der Waals surface area contributed by atoms with E-state index in [0.717, 1.165) is 17.0 Å². The zero-order valence-corrected chi connectivity index (χ0v) is 21.9. The Morgan fingerprint density at radius 1 is 1.11 bits per heavy atom. The van der Waals surface area contributed by atoms with Crippen LogP contribution in [0.2, 0.25) is 5.02 Å². The van der Waals surface area contributed by atoms with Crippen molar-refractivity contribution in [1.82, 2.24) is 35.3 Å². The first-order valence-corrected chi connectivity index (χ1v) is 12.2. The lowest BCUT2D eigenvalue weighted by Crippen LogP contribution is -2.42. The Morgan fingerprint density at radius 2 is 1.87 bits per heavy atom. The monoisotopic (exact) mass is 531 g/mol. The number of nitrogens with zero attached hydrogens (tertiary/aromatic N) is 6. The number of rotatable bonds is 10. The molecule has 0 radical (unpaired) electrons. The van der Waals surface area contributed by atoms with Gasteiger partial charge in [0.15, 0.2) is 11.6 Å². The minimum absolute atomic E-state index is 0.0469. The number of nitrogens with one attached hydrogen (secondary N) is 1. The third-order valence-corrected chi connectivity index (χ3v) is 6.19. The van der Waals surface area contributed by atoms with E-state index in [1.165, 1.54) is 24.0 Å². The SMILES string of the molecule is CC(=O)c1ccc(CC(=O)[C@H](Cc2cc(C)nn2C)NC(=O)/C=C/c2cc(Cl)ccc2-n2cnnn2)cc1. The van der Waals surface area contributed by atoms with Crippen LogP contribution < -0.4 is 5.32 Å². The molecule has 1 amide bonds. The molecule has 0 aliphatic rings. The average molecular weight is 532 g/mol. The summed E-state index contributed by atoms with van der Waals surface area (Å²) in [5.74, 6) is -0.663. The highest BCUT2D eigenvalue weighted by Crippen LogP contribution is 2.20. The van der Waals surface area contributed by atoms with Crippen molar-refractivity contribution in [2.75, 3.05) is 0 Å². The maximum atomic E-state index is 13.3. The number of halogens is 1. The Kier molecular flexibility index (Phi) is 8.22. The van der Waals surface area contributed by atoms with Crippen LogP contribution in [0.15, 0.2) is 60.9 Å². The van der Waals surface area contributed by atoms with Gasteiger partial charge in [-0.1, -0.05) is 35.9 Å². The van der Waals surface area contributed by atoms with Gasteiger partial charge < -0.3 is 5.32 Å². The summed E-state index contributed by atoms with van der Waals surface area (Å²) in [6.45, 7) is 3.36. The summed E-state index contributed by atoms with van der Waals surface area (Å²) in [5.41, 5.74) is 4.21. The molecule has 0 saturated heterocycles. The molecule has 1 N–H and O–H groups in total. The first-order valence-electron chi connectivity index (χ1n) is 11.8. The van der Waals surface area contributed by atoms with Crippen LogP contribution in [0.25, 0.3) is 11.8 Å². The molecule has 1 atom stereocenters. The Balaban J connectivity index is 1.54. The molecule has 0 saturated carbocycles. The molecule has 10 nitrogen and oxygen atoms in total. The fourth-order valence-electron chi connectivity index (χ4n) is 4.02. The number of carbonyl (C=O) groups is 3. The van der Waals surface area contributed by atoms with Gasteiger partial charge in [-0.2, -0.15) is 9.78 Å². The van der Waals surface area contributed by atoms with Gasteiger partial charge in [0.25, 0.3) is 0 Å². The van der Waals surface area contributed by atoms with Crippen molar-refractivity contribution in [3.05, 3.63) is 94.0 Å². The van der Waals surface area contributed by atoms with Crippen LogP contribution in [0.1, 0.15) is 39.8 Å². The summed E-state index contributed by atoms with van der Waals surface area (Å²) in [4.78, 5) is 37.9. The summed E-state index contributed by atoms with van der Waals surface area (Å²) in [6, 6.07) is 13.1.